The monoisotopic (exact) mass is 376 g/mol. The lowest BCUT2D eigenvalue weighted by atomic mass is 9.90. The average molecular weight is 376 g/mol. The van der Waals surface area contributed by atoms with Crippen molar-refractivity contribution >= 4 is 17.2 Å². The number of thiazole rings is 1. The number of benzene rings is 1. The third kappa shape index (κ3) is 3.95. The van der Waals surface area contributed by atoms with Crippen LogP contribution in [0.2, 0.25) is 0 Å². The van der Waals surface area contributed by atoms with Gasteiger partial charge in [-0.05, 0) is 42.9 Å². The van der Waals surface area contributed by atoms with Crippen molar-refractivity contribution in [1.29, 1.82) is 0 Å². The molecule has 2 aromatic rings. The number of rotatable bonds is 4. The van der Waals surface area contributed by atoms with Crippen LogP contribution in [0, 0.1) is 11.7 Å². The van der Waals surface area contributed by atoms with Crippen LogP contribution < -0.4 is 0 Å². The highest BCUT2D eigenvalue weighted by Crippen LogP contribution is 2.29. The topological polar surface area (TPSA) is 51.7 Å². The minimum atomic E-state index is -0.432. The van der Waals surface area contributed by atoms with Crippen molar-refractivity contribution in [3.8, 4) is 0 Å². The van der Waals surface area contributed by atoms with Crippen molar-refractivity contribution in [1.82, 2.24) is 9.88 Å². The molecule has 0 atom stereocenters. The summed E-state index contributed by atoms with van der Waals surface area (Å²) in [5.41, 5.74) is 1.03. The maximum Gasteiger partial charge on any atom is 0.265 e. The van der Waals surface area contributed by atoms with Crippen LogP contribution in [0.15, 0.2) is 30.5 Å². The molecule has 0 unspecified atom stereocenters. The Morgan fingerprint density at radius 1 is 1.27 bits per heavy atom. The zero-order chi connectivity index (χ0) is 17.9. The summed E-state index contributed by atoms with van der Waals surface area (Å²) in [6.07, 6.45) is 3.91. The number of carbonyl (C=O) groups is 1. The number of piperidine rings is 1. The molecule has 0 saturated carbocycles. The van der Waals surface area contributed by atoms with Crippen molar-refractivity contribution < 1.29 is 18.7 Å². The second kappa shape index (κ2) is 7.82. The van der Waals surface area contributed by atoms with Gasteiger partial charge in [0.2, 0.25) is 6.29 Å². The van der Waals surface area contributed by atoms with Gasteiger partial charge < -0.3 is 14.4 Å². The first kappa shape index (κ1) is 17.6. The fourth-order valence-corrected chi connectivity index (χ4v) is 4.37. The number of hydrogen-bond donors (Lipinski definition) is 0. The standard InChI is InChI=1S/C19H21FN2O3S/c20-15-3-1-2-14(11-15)10-13-4-6-22(7-5-13)18(23)16-12-21-17(26-16)19-24-8-9-25-19/h1-3,11-13,19H,4-10H2. The zero-order valence-corrected chi connectivity index (χ0v) is 15.2. The molecule has 2 fully saturated rings. The number of aromatic nitrogens is 1. The van der Waals surface area contributed by atoms with Crippen LogP contribution >= 0.6 is 11.3 Å². The van der Waals surface area contributed by atoms with E-state index in [1.807, 2.05) is 11.0 Å². The molecule has 1 amide bonds. The van der Waals surface area contributed by atoms with E-state index in [-0.39, 0.29) is 11.7 Å². The lowest BCUT2D eigenvalue weighted by Crippen LogP contribution is -2.38. The van der Waals surface area contributed by atoms with Crippen LogP contribution in [-0.4, -0.2) is 42.1 Å². The summed E-state index contributed by atoms with van der Waals surface area (Å²) in [5.74, 6) is 0.320. The molecule has 1 aromatic carbocycles. The van der Waals surface area contributed by atoms with E-state index in [4.69, 9.17) is 9.47 Å². The highest BCUT2D eigenvalue weighted by atomic mass is 32.1. The lowest BCUT2D eigenvalue weighted by Gasteiger charge is -2.31. The number of amides is 1. The molecular weight excluding hydrogens is 355 g/mol. The normalized spacial score (nSPS) is 19.2. The molecule has 1 aromatic heterocycles. The van der Waals surface area contributed by atoms with Gasteiger partial charge >= 0.3 is 0 Å². The van der Waals surface area contributed by atoms with Crippen LogP contribution in [0.3, 0.4) is 0 Å². The van der Waals surface area contributed by atoms with Gasteiger partial charge in [-0.25, -0.2) is 9.37 Å². The van der Waals surface area contributed by atoms with E-state index in [1.54, 1.807) is 18.3 Å². The summed E-state index contributed by atoms with van der Waals surface area (Å²) < 4.78 is 24.2. The Morgan fingerprint density at radius 2 is 2.04 bits per heavy atom. The van der Waals surface area contributed by atoms with E-state index in [0.29, 0.717) is 29.0 Å². The Labute approximate surface area is 155 Å². The highest BCUT2D eigenvalue weighted by Gasteiger charge is 2.27. The van der Waals surface area contributed by atoms with Gasteiger partial charge in [0.05, 0.1) is 19.4 Å². The van der Waals surface area contributed by atoms with Crippen LogP contribution in [0.25, 0.3) is 0 Å². The van der Waals surface area contributed by atoms with Crippen LogP contribution in [0.4, 0.5) is 4.39 Å². The smallest absolute Gasteiger partial charge is 0.265 e. The van der Waals surface area contributed by atoms with Crippen LogP contribution in [0.5, 0.6) is 0 Å². The number of nitrogens with zero attached hydrogens (tertiary/aromatic N) is 2. The maximum atomic E-state index is 13.3. The van der Waals surface area contributed by atoms with Crippen molar-refractivity contribution in [3.05, 3.63) is 51.7 Å². The number of carbonyl (C=O) groups excluding carboxylic acids is 1. The molecule has 2 saturated heterocycles. The van der Waals surface area contributed by atoms with E-state index in [0.717, 1.165) is 37.9 Å². The predicted molar refractivity (Wildman–Crippen MR) is 95.5 cm³/mol. The van der Waals surface area contributed by atoms with Gasteiger partial charge in [-0.3, -0.25) is 4.79 Å². The Kier molecular flexibility index (Phi) is 5.28. The largest absolute Gasteiger partial charge is 0.344 e. The zero-order valence-electron chi connectivity index (χ0n) is 14.4. The van der Waals surface area contributed by atoms with Crippen LogP contribution in [-0.2, 0) is 15.9 Å². The summed E-state index contributed by atoms with van der Waals surface area (Å²) in [7, 11) is 0. The third-order valence-electron chi connectivity index (χ3n) is 4.87. The fourth-order valence-electron chi connectivity index (χ4n) is 3.49. The molecule has 5 nitrogen and oxygen atoms in total. The second-order valence-corrected chi connectivity index (χ2v) is 7.77. The molecule has 0 aliphatic carbocycles. The summed E-state index contributed by atoms with van der Waals surface area (Å²) in [4.78, 5) is 19.5. The van der Waals surface area contributed by atoms with E-state index in [1.165, 1.54) is 17.4 Å². The van der Waals surface area contributed by atoms with Gasteiger partial charge in [-0.2, -0.15) is 0 Å². The summed E-state index contributed by atoms with van der Waals surface area (Å²) in [5, 5.41) is 0.701. The fraction of sp³-hybridized carbons (Fsp3) is 0.474. The molecule has 0 spiro atoms. The van der Waals surface area contributed by atoms with E-state index in [2.05, 4.69) is 4.98 Å². The molecule has 2 aliphatic rings. The Bertz CT molecular complexity index is 768. The van der Waals surface area contributed by atoms with Crippen molar-refractivity contribution in [3.63, 3.8) is 0 Å². The maximum absolute atomic E-state index is 13.3. The van der Waals surface area contributed by atoms with Crippen LogP contribution in [0.1, 0.15) is 39.4 Å². The van der Waals surface area contributed by atoms with Crippen molar-refractivity contribution in [2.75, 3.05) is 26.3 Å². The quantitative estimate of drug-likeness (QED) is 0.820. The summed E-state index contributed by atoms with van der Waals surface area (Å²) in [6.45, 7) is 2.57. The molecule has 138 valence electrons. The van der Waals surface area contributed by atoms with E-state index >= 15 is 0 Å². The first-order valence-corrected chi connectivity index (χ1v) is 9.73. The minimum absolute atomic E-state index is 0.0240. The molecule has 7 heteroatoms. The molecule has 26 heavy (non-hydrogen) atoms. The molecule has 0 N–H and O–H groups in total. The van der Waals surface area contributed by atoms with Gasteiger partial charge in [-0.1, -0.05) is 12.1 Å². The molecular formula is C19H21FN2O3S. The summed E-state index contributed by atoms with van der Waals surface area (Å²) >= 11 is 1.34. The Hall–Kier alpha value is -1.83. The van der Waals surface area contributed by atoms with E-state index in [9.17, 15) is 9.18 Å². The van der Waals surface area contributed by atoms with E-state index < -0.39 is 6.29 Å². The molecule has 2 aliphatic heterocycles. The Balaban J connectivity index is 1.32. The third-order valence-corrected chi connectivity index (χ3v) is 5.88. The van der Waals surface area contributed by atoms with Gasteiger partial charge in [-0.15, -0.1) is 11.3 Å². The number of hydrogen-bond acceptors (Lipinski definition) is 5. The van der Waals surface area contributed by atoms with Crippen molar-refractivity contribution in [2.24, 2.45) is 5.92 Å². The van der Waals surface area contributed by atoms with Gasteiger partial charge in [0.15, 0.2) is 0 Å². The van der Waals surface area contributed by atoms with Crippen molar-refractivity contribution in [2.45, 2.75) is 25.6 Å². The number of halogens is 1. The SMILES string of the molecule is O=C(c1cnc(C2OCCO2)s1)N1CCC(Cc2cccc(F)c2)CC1. The van der Waals surface area contributed by atoms with Gasteiger partial charge in [0.1, 0.15) is 15.7 Å². The average Bonchev–Trinajstić information content (AvgIpc) is 3.33. The molecule has 3 heterocycles. The molecule has 0 radical (unpaired) electrons. The number of ether oxygens (including phenoxy) is 2. The highest BCUT2D eigenvalue weighted by molar-refractivity contribution is 7.13. The lowest BCUT2D eigenvalue weighted by molar-refractivity contribution is -0.0442. The summed E-state index contributed by atoms with van der Waals surface area (Å²) in [6, 6.07) is 6.79. The first-order valence-electron chi connectivity index (χ1n) is 8.91. The van der Waals surface area contributed by atoms with Gasteiger partial charge in [0.25, 0.3) is 5.91 Å². The Morgan fingerprint density at radius 3 is 2.77 bits per heavy atom. The molecule has 0 bridgehead atoms. The van der Waals surface area contributed by atoms with Gasteiger partial charge in [0, 0.05) is 13.1 Å². The number of likely N-dealkylation sites (tertiary alicyclic amines) is 1. The first-order chi connectivity index (χ1) is 12.7. The minimum Gasteiger partial charge on any atom is -0.344 e. The predicted octanol–water partition coefficient (Wildman–Crippen LogP) is 3.42. The second-order valence-electron chi connectivity index (χ2n) is 6.71. The molecule has 4 rings (SSSR count).